The van der Waals surface area contributed by atoms with Gasteiger partial charge in [0, 0.05) is 5.39 Å². The van der Waals surface area contributed by atoms with E-state index in [1.165, 1.54) is 0 Å². The summed E-state index contributed by atoms with van der Waals surface area (Å²) in [4.78, 5) is 18.0. The van der Waals surface area contributed by atoms with Crippen molar-refractivity contribution in [2.45, 2.75) is 19.9 Å². The summed E-state index contributed by atoms with van der Waals surface area (Å²) in [6, 6.07) is 7.41. The Bertz CT molecular complexity index is 860. The minimum atomic E-state index is -0.540. The van der Waals surface area contributed by atoms with Crippen LogP contribution in [-0.4, -0.2) is 21.5 Å². The molecule has 0 amide bonds. The molecule has 3 rings (SSSR count). The summed E-state index contributed by atoms with van der Waals surface area (Å²) in [6.45, 7) is 4.36. The largest absolute Gasteiger partial charge is 0.490 e. The molecule has 24 heavy (non-hydrogen) atoms. The molecule has 8 heteroatoms. The van der Waals surface area contributed by atoms with E-state index >= 15 is 0 Å². The number of aromatic nitrogens is 2. The van der Waals surface area contributed by atoms with Gasteiger partial charge in [-0.1, -0.05) is 12.1 Å². The van der Waals surface area contributed by atoms with E-state index in [-0.39, 0.29) is 11.7 Å². The number of fused-ring (bicyclic) bond motifs is 1. The number of ether oxygens (including phenoxy) is 1. The molecule has 1 atom stereocenters. The van der Waals surface area contributed by atoms with E-state index in [0.29, 0.717) is 29.6 Å². The fraction of sp³-hybridized carbons (Fsp3) is 0.250. The van der Waals surface area contributed by atoms with Gasteiger partial charge < -0.3 is 14.5 Å². The summed E-state index contributed by atoms with van der Waals surface area (Å²) in [5.74, 6) is 1.68. The molecule has 1 unspecified atom stereocenters. The van der Waals surface area contributed by atoms with E-state index in [4.69, 9.17) is 9.15 Å². The van der Waals surface area contributed by atoms with Gasteiger partial charge in [0.05, 0.1) is 17.6 Å². The first-order chi connectivity index (χ1) is 11.6. The van der Waals surface area contributed by atoms with E-state index in [1.807, 2.05) is 38.1 Å². The Kier molecular flexibility index (Phi) is 4.28. The molecular formula is C16H16N4O4. The van der Waals surface area contributed by atoms with Crippen molar-refractivity contribution in [3.63, 3.8) is 0 Å². The highest BCUT2D eigenvalue weighted by Crippen LogP contribution is 2.31. The molecule has 0 fully saturated rings. The maximum Gasteiger partial charge on any atom is 0.305 e. The van der Waals surface area contributed by atoms with Crippen LogP contribution in [0, 0.1) is 10.1 Å². The topological polar surface area (TPSA) is 103 Å². The number of para-hydroxylation sites is 1. The van der Waals surface area contributed by atoms with E-state index in [2.05, 4.69) is 15.3 Å². The third-order valence-electron chi connectivity index (χ3n) is 3.45. The van der Waals surface area contributed by atoms with Gasteiger partial charge in [0.15, 0.2) is 11.3 Å². The van der Waals surface area contributed by atoms with Gasteiger partial charge in [0.2, 0.25) is 5.95 Å². The molecule has 0 radical (unpaired) electrons. The first-order valence-electron chi connectivity index (χ1n) is 7.46. The van der Waals surface area contributed by atoms with Crippen LogP contribution in [0.5, 0.6) is 5.75 Å². The zero-order chi connectivity index (χ0) is 17.1. The minimum Gasteiger partial charge on any atom is -0.490 e. The molecule has 0 bridgehead atoms. The smallest absolute Gasteiger partial charge is 0.305 e. The lowest BCUT2D eigenvalue weighted by molar-refractivity contribution is -0.385. The van der Waals surface area contributed by atoms with Crippen molar-refractivity contribution in [3.05, 3.63) is 52.5 Å². The van der Waals surface area contributed by atoms with Gasteiger partial charge in [0.1, 0.15) is 18.2 Å². The Morgan fingerprint density at radius 3 is 2.79 bits per heavy atom. The zero-order valence-corrected chi connectivity index (χ0v) is 13.2. The van der Waals surface area contributed by atoms with Gasteiger partial charge in [-0.2, -0.15) is 0 Å². The van der Waals surface area contributed by atoms with Crippen LogP contribution in [-0.2, 0) is 0 Å². The van der Waals surface area contributed by atoms with Crippen molar-refractivity contribution in [1.82, 2.24) is 9.97 Å². The fourth-order valence-electron chi connectivity index (χ4n) is 2.29. The summed E-state index contributed by atoms with van der Waals surface area (Å²) < 4.78 is 11.5. The van der Waals surface area contributed by atoms with Crippen LogP contribution >= 0.6 is 0 Å². The van der Waals surface area contributed by atoms with Gasteiger partial charge in [-0.15, -0.1) is 0 Å². The molecule has 1 aromatic carbocycles. The number of benzene rings is 1. The lowest BCUT2D eigenvalue weighted by Gasteiger charge is -2.10. The SMILES string of the molecule is CCOc1cccc2cc(C(C)Nc3ncc([N+](=O)[O-])cn3)oc12. The van der Waals surface area contributed by atoms with E-state index < -0.39 is 4.92 Å². The maximum atomic E-state index is 10.6. The highest BCUT2D eigenvalue weighted by molar-refractivity contribution is 5.83. The molecular weight excluding hydrogens is 312 g/mol. The Balaban J connectivity index is 1.82. The van der Waals surface area contributed by atoms with Gasteiger partial charge in [-0.3, -0.25) is 10.1 Å². The van der Waals surface area contributed by atoms with Crippen molar-refractivity contribution in [2.24, 2.45) is 0 Å². The van der Waals surface area contributed by atoms with Gasteiger partial charge in [-0.25, -0.2) is 9.97 Å². The second kappa shape index (κ2) is 6.53. The Morgan fingerprint density at radius 1 is 1.38 bits per heavy atom. The standard InChI is InChI=1S/C16H16N4O4/c1-3-23-13-6-4-5-11-7-14(24-15(11)13)10(2)19-16-17-8-12(9-18-16)20(21)22/h4-10H,3H2,1-2H3,(H,17,18,19). The van der Waals surface area contributed by atoms with Gasteiger partial charge in [-0.05, 0) is 26.0 Å². The molecule has 1 N–H and O–H groups in total. The number of hydrogen-bond donors (Lipinski definition) is 1. The van der Waals surface area contributed by atoms with Crippen molar-refractivity contribution < 1.29 is 14.1 Å². The average molecular weight is 328 g/mol. The molecule has 0 aliphatic carbocycles. The van der Waals surface area contributed by atoms with Crippen molar-refractivity contribution in [2.75, 3.05) is 11.9 Å². The second-order valence-electron chi connectivity index (χ2n) is 5.14. The third kappa shape index (κ3) is 3.12. The summed E-state index contributed by atoms with van der Waals surface area (Å²) in [7, 11) is 0. The van der Waals surface area contributed by atoms with Crippen molar-refractivity contribution in [1.29, 1.82) is 0 Å². The second-order valence-corrected chi connectivity index (χ2v) is 5.14. The van der Waals surface area contributed by atoms with Crippen LogP contribution in [0.2, 0.25) is 0 Å². The van der Waals surface area contributed by atoms with Crippen molar-refractivity contribution >= 4 is 22.6 Å². The molecule has 124 valence electrons. The first kappa shape index (κ1) is 15.7. The Labute approximate surface area is 137 Å². The fourth-order valence-corrected chi connectivity index (χ4v) is 2.29. The lowest BCUT2D eigenvalue weighted by atomic mass is 10.2. The monoisotopic (exact) mass is 328 g/mol. The quantitative estimate of drug-likeness (QED) is 0.543. The molecule has 2 aromatic heterocycles. The maximum absolute atomic E-state index is 10.6. The predicted molar refractivity (Wildman–Crippen MR) is 88.1 cm³/mol. The van der Waals surface area contributed by atoms with Gasteiger partial charge in [0.25, 0.3) is 0 Å². The van der Waals surface area contributed by atoms with Crippen LogP contribution < -0.4 is 10.1 Å². The highest BCUT2D eigenvalue weighted by atomic mass is 16.6. The summed E-state index contributed by atoms with van der Waals surface area (Å²) in [5.41, 5.74) is 0.533. The Hall–Kier alpha value is -3.16. The predicted octanol–water partition coefficient (Wildman–Crippen LogP) is 3.70. The molecule has 0 aliphatic heterocycles. The number of nitrogens with one attached hydrogen (secondary N) is 1. The van der Waals surface area contributed by atoms with Crippen molar-refractivity contribution in [3.8, 4) is 5.75 Å². The summed E-state index contributed by atoms with van der Waals surface area (Å²) in [5, 5.41) is 14.6. The average Bonchev–Trinajstić information content (AvgIpc) is 3.01. The van der Waals surface area contributed by atoms with Crippen LogP contribution in [0.4, 0.5) is 11.6 Å². The summed E-state index contributed by atoms with van der Waals surface area (Å²) >= 11 is 0. The number of furan rings is 1. The van der Waals surface area contributed by atoms with Crippen LogP contribution in [0.25, 0.3) is 11.0 Å². The third-order valence-corrected chi connectivity index (χ3v) is 3.45. The van der Waals surface area contributed by atoms with Crippen LogP contribution in [0.3, 0.4) is 0 Å². The molecule has 0 spiro atoms. The van der Waals surface area contributed by atoms with Crippen LogP contribution in [0.15, 0.2) is 41.1 Å². The first-order valence-corrected chi connectivity index (χ1v) is 7.46. The normalized spacial score (nSPS) is 12.1. The number of hydrogen-bond acceptors (Lipinski definition) is 7. The van der Waals surface area contributed by atoms with E-state index in [1.54, 1.807) is 0 Å². The lowest BCUT2D eigenvalue weighted by Crippen LogP contribution is -2.08. The molecule has 0 saturated heterocycles. The molecule has 3 aromatic rings. The van der Waals surface area contributed by atoms with E-state index in [9.17, 15) is 10.1 Å². The minimum absolute atomic E-state index is 0.154. The molecule has 8 nitrogen and oxygen atoms in total. The van der Waals surface area contributed by atoms with Gasteiger partial charge >= 0.3 is 5.69 Å². The number of nitrogens with zero attached hydrogens (tertiary/aromatic N) is 3. The molecule has 0 aliphatic rings. The Morgan fingerprint density at radius 2 is 2.12 bits per heavy atom. The summed E-state index contributed by atoms with van der Waals surface area (Å²) in [6.07, 6.45) is 2.32. The number of nitro groups is 1. The number of rotatable bonds is 6. The molecule has 2 heterocycles. The highest BCUT2D eigenvalue weighted by Gasteiger charge is 2.15. The van der Waals surface area contributed by atoms with Crippen LogP contribution in [0.1, 0.15) is 25.6 Å². The zero-order valence-electron chi connectivity index (χ0n) is 13.2. The number of anilines is 1. The van der Waals surface area contributed by atoms with E-state index in [0.717, 1.165) is 17.8 Å². The molecule has 0 saturated carbocycles.